The van der Waals surface area contributed by atoms with Crippen molar-refractivity contribution in [1.82, 2.24) is 0 Å². The zero-order chi connectivity index (χ0) is 28.5. The zero-order valence-electron chi connectivity index (χ0n) is 25.3. The number of hydrogen-bond acceptors (Lipinski definition) is 6. The van der Waals surface area contributed by atoms with Crippen LogP contribution in [0, 0.1) is 5.92 Å². The van der Waals surface area contributed by atoms with Crippen LogP contribution in [-0.2, 0) is 19.1 Å². The second kappa shape index (κ2) is 25.3. The molecule has 5 nitrogen and oxygen atoms in total. The number of carbonyl (C=O) groups is 2. The van der Waals surface area contributed by atoms with E-state index in [-0.39, 0.29) is 16.3 Å². The molecule has 1 atom stereocenters. The van der Waals surface area contributed by atoms with E-state index < -0.39 is 11.9 Å². The van der Waals surface area contributed by atoms with E-state index in [9.17, 15) is 9.59 Å². The van der Waals surface area contributed by atoms with Crippen LogP contribution in [0.2, 0.25) is 0 Å². The number of esters is 2. The number of quaternary nitrogens is 1. The molecule has 0 N–H and O–H groups in total. The molecule has 1 unspecified atom stereocenters. The summed E-state index contributed by atoms with van der Waals surface area (Å²) in [5.74, 6) is -1.57. The molecule has 0 aliphatic carbocycles. The second-order valence-corrected chi connectivity index (χ2v) is 12.0. The highest BCUT2D eigenvalue weighted by Crippen LogP contribution is 2.26. The molecule has 0 spiro atoms. The van der Waals surface area contributed by atoms with Gasteiger partial charge in [-0.05, 0) is 50.7 Å². The number of thiol groups is 1. The minimum Gasteiger partial charge on any atom is -0.466 e. The molecule has 7 heteroatoms. The van der Waals surface area contributed by atoms with E-state index in [4.69, 9.17) is 34.5 Å². The molecule has 0 radical (unpaired) electrons. The highest BCUT2D eigenvalue weighted by Gasteiger charge is 2.41. The van der Waals surface area contributed by atoms with Crippen molar-refractivity contribution in [3.63, 3.8) is 0 Å². The van der Waals surface area contributed by atoms with Crippen molar-refractivity contribution in [2.45, 2.75) is 150 Å². The van der Waals surface area contributed by atoms with Gasteiger partial charge in [0.25, 0.3) is 0 Å². The molecule has 224 valence electrons. The fourth-order valence-electron chi connectivity index (χ4n) is 4.59. The number of unbranched alkanes of at least 4 members (excludes halogenated alkanes) is 14. The Morgan fingerprint density at radius 3 is 1.50 bits per heavy atom. The molecule has 0 aromatic rings. The molecular weight excluding hydrogens is 514 g/mol. The highest BCUT2D eigenvalue weighted by molar-refractivity contribution is 7.82. The Labute approximate surface area is 246 Å². The van der Waals surface area contributed by atoms with Gasteiger partial charge in [-0.1, -0.05) is 105 Å². The monoisotopic (exact) mass is 574 g/mol. The highest BCUT2D eigenvalue weighted by atomic mass is 32.1. The number of hydrogen-bond donors (Lipinski definition) is 1. The van der Waals surface area contributed by atoms with Crippen molar-refractivity contribution < 1.29 is 23.0 Å². The van der Waals surface area contributed by atoms with Gasteiger partial charge < -0.3 is 9.47 Å². The molecule has 38 heavy (non-hydrogen) atoms. The minimum atomic E-state index is -0.803. The van der Waals surface area contributed by atoms with E-state index in [1.807, 2.05) is 0 Å². The van der Waals surface area contributed by atoms with Gasteiger partial charge in [0.2, 0.25) is 4.99 Å². The number of rotatable bonds is 26. The predicted octanol–water partition coefficient (Wildman–Crippen LogP) is 9.17. The van der Waals surface area contributed by atoms with Gasteiger partial charge in [0.05, 0.1) is 45.5 Å². The van der Waals surface area contributed by atoms with Gasteiger partial charge in [0, 0.05) is 0 Å². The van der Waals surface area contributed by atoms with E-state index in [0.717, 1.165) is 90.1 Å². The maximum Gasteiger partial charge on any atom is 0.320 e. The Bertz CT molecular complexity index is 605. The molecule has 0 fully saturated rings. The van der Waals surface area contributed by atoms with Crippen molar-refractivity contribution in [3.05, 3.63) is 0 Å². The average Bonchev–Trinajstić information content (AvgIpc) is 2.90. The van der Waals surface area contributed by atoms with E-state index in [1.165, 1.54) is 38.5 Å². The van der Waals surface area contributed by atoms with Crippen LogP contribution < -0.4 is 0 Å². The van der Waals surface area contributed by atoms with Crippen LogP contribution in [0.4, 0.5) is 0 Å². The third-order valence-corrected chi connectivity index (χ3v) is 8.51. The van der Waals surface area contributed by atoms with Gasteiger partial charge in [-0.25, -0.2) is 3.89 Å². The summed E-state index contributed by atoms with van der Waals surface area (Å²) in [5, 5.41) is 0. The molecular formula is C31H60NO4S2+. The van der Waals surface area contributed by atoms with Crippen LogP contribution in [-0.4, -0.2) is 47.1 Å². The minimum absolute atomic E-state index is 0.0634. The molecule has 0 aromatic carbocycles. The summed E-state index contributed by atoms with van der Waals surface area (Å²) in [4.78, 5) is 26.6. The lowest BCUT2D eigenvalue weighted by molar-refractivity contribution is -0.696. The summed E-state index contributed by atoms with van der Waals surface area (Å²) in [6, 6.07) is 0. The molecule has 0 aromatic heterocycles. The summed E-state index contributed by atoms with van der Waals surface area (Å²) in [6.45, 7) is 11.0. The molecule has 0 saturated heterocycles. The number of nitrogens with zero attached hydrogens (tertiary/aromatic N) is 1. The zero-order valence-corrected chi connectivity index (χ0v) is 27.0. The smallest absolute Gasteiger partial charge is 0.320 e. The lowest BCUT2D eigenvalue weighted by Gasteiger charge is -2.34. The first-order chi connectivity index (χ1) is 18.4. The first kappa shape index (κ1) is 37.3. The standard InChI is InChI=1S/C31H60NO4S2/c1-5-9-13-15-17-21-25-35-29(33)27-28(31(34)36-26-22-18-16-14-10-6-2)30(37)32(38,23-19-11-7-3)24-20-12-8-4/h28,38H,5-27H2,1-4H3/q+1. The fourth-order valence-corrected chi connectivity index (χ4v) is 5.37. The summed E-state index contributed by atoms with van der Waals surface area (Å²) in [7, 11) is 0. The van der Waals surface area contributed by atoms with Crippen LogP contribution in [0.5, 0.6) is 0 Å². The molecule has 0 aliphatic rings. The second-order valence-electron chi connectivity index (χ2n) is 10.8. The van der Waals surface area contributed by atoms with Gasteiger partial charge in [-0.3, -0.25) is 9.59 Å². The van der Waals surface area contributed by atoms with Crippen LogP contribution in [0.15, 0.2) is 0 Å². The SMILES string of the molecule is CCCCCCCCOC(=O)CC(C(=O)OCCCCCCCC)C(=S)[N+](S)(CCCCC)CCCCC. The molecule has 0 saturated carbocycles. The largest absolute Gasteiger partial charge is 0.466 e. The van der Waals surface area contributed by atoms with E-state index in [1.54, 1.807) is 0 Å². The van der Waals surface area contributed by atoms with Gasteiger partial charge in [-0.2, -0.15) is 0 Å². The maximum atomic E-state index is 13.3. The fraction of sp³-hybridized carbons (Fsp3) is 0.903. The van der Waals surface area contributed by atoms with Crippen molar-refractivity contribution in [2.24, 2.45) is 5.92 Å². The molecule has 0 amide bonds. The van der Waals surface area contributed by atoms with Crippen LogP contribution >= 0.6 is 25.0 Å². The first-order valence-corrected chi connectivity index (χ1v) is 16.6. The number of thiocarbonyl (C=S) groups is 1. The summed E-state index contributed by atoms with van der Waals surface area (Å²) in [5.41, 5.74) is 0. The van der Waals surface area contributed by atoms with E-state index >= 15 is 0 Å². The normalized spacial score (nSPS) is 12.3. The summed E-state index contributed by atoms with van der Waals surface area (Å²) in [6.07, 6.45) is 19.8. The van der Waals surface area contributed by atoms with Gasteiger partial charge in [0.15, 0.2) is 5.92 Å². The van der Waals surface area contributed by atoms with Gasteiger partial charge >= 0.3 is 11.9 Å². The Balaban J connectivity index is 5.21. The third-order valence-electron chi connectivity index (χ3n) is 7.13. The predicted molar refractivity (Wildman–Crippen MR) is 167 cm³/mol. The Morgan fingerprint density at radius 1 is 0.632 bits per heavy atom. The van der Waals surface area contributed by atoms with Crippen LogP contribution in [0.1, 0.15) is 150 Å². The van der Waals surface area contributed by atoms with Crippen LogP contribution in [0.25, 0.3) is 0 Å². The number of ether oxygens (including phenoxy) is 2. The van der Waals surface area contributed by atoms with Crippen LogP contribution in [0.3, 0.4) is 0 Å². The third kappa shape index (κ3) is 18.6. The Kier molecular flexibility index (Phi) is 24.9. The van der Waals surface area contributed by atoms with E-state index in [0.29, 0.717) is 18.2 Å². The molecule has 0 bridgehead atoms. The van der Waals surface area contributed by atoms with Gasteiger partial charge in [0.1, 0.15) is 0 Å². The first-order valence-electron chi connectivity index (χ1n) is 15.8. The van der Waals surface area contributed by atoms with Gasteiger partial charge in [-0.15, -0.1) is 0 Å². The molecule has 0 rings (SSSR count). The molecule has 0 heterocycles. The quantitative estimate of drug-likeness (QED) is 0.0367. The molecule has 0 aliphatic heterocycles. The van der Waals surface area contributed by atoms with E-state index in [2.05, 4.69) is 27.7 Å². The maximum absolute atomic E-state index is 13.3. The van der Waals surface area contributed by atoms with Crippen molar-refractivity contribution in [3.8, 4) is 0 Å². The van der Waals surface area contributed by atoms with Crippen molar-refractivity contribution in [1.29, 1.82) is 0 Å². The Morgan fingerprint density at radius 2 is 1.03 bits per heavy atom. The average molecular weight is 575 g/mol. The summed E-state index contributed by atoms with van der Waals surface area (Å²) < 4.78 is 11.5. The van der Waals surface area contributed by atoms with Crippen molar-refractivity contribution in [2.75, 3.05) is 26.3 Å². The summed E-state index contributed by atoms with van der Waals surface area (Å²) >= 11 is 11.0. The Hall–Kier alpha value is -0.660. The lowest BCUT2D eigenvalue weighted by Crippen LogP contribution is -2.50. The number of carbonyl (C=O) groups excluding carboxylic acids is 2. The lowest BCUT2D eigenvalue weighted by atomic mass is 10.0. The topological polar surface area (TPSA) is 52.6 Å². The van der Waals surface area contributed by atoms with Crippen molar-refractivity contribution >= 4 is 42.0 Å².